The van der Waals surface area contributed by atoms with Crippen molar-refractivity contribution >= 4 is 28.7 Å². The molecule has 0 aromatic heterocycles. The van der Waals surface area contributed by atoms with Crippen LogP contribution in [0.5, 0.6) is 17.2 Å². The van der Waals surface area contributed by atoms with Gasteiger partial charge in [-0.2, -0.15) is 0 Å². The highest BCUT2D eigenvalue weighted by molar-refractivity contribution is 5.94. The molecule has 90 heavy (non-hydrogen) atoms. The van der Waals surface area contributed by atoms with Crippen molar-refractivity contribution < 1.29 is 33.4 Å². The van der Waals surface area contributed by atoms with Crippen molar-refractivity contribution in [2.75, 3.05) is 19.8 Å². The molecule has 0 amide bonds. The Balaban J connectivity index is 0.000000124. The molecular weight excluding hydrogens is 1110 g/mol. The highest BCUT2D eigenvalue weighted by Gasteiger charge is 2.60. The van der Waals surface area contributed by atoms with E-state index in [0.29, 0.717) is 71.1 Å². The number of aryl methyl sites for hydroxylation is 2. The van der Waals surface area contributed by atoms with E-state index in [4.69, 9.17) is 14.2 Å². The minimum Gasteiger partial charge on any atom is -0.494 e. The van der Waals surface area contributed by atoms with Crippen LogP contribution in [0.4, 0.5) is 0 Å². The fourth-order valence-electron chi connectivity index (χ4n) is 20.3. The zero-order valence-electron chi connectivity index (χ0n) is 55.5. The van der Waals surface area contributed by atoms with E-state index >= 15 is 0 Å². The molecule has 4 aromatic carbocycles. The average molecular weight is 1210 g/mol. The summed E-state index contributed by atoms with van der Waals surface area (Å²) in [6.45, 7) is 19.9. The maximum absolute atomic E-state index is 13.0. The van der Waals surface area contributed by atoms with Crippen molar-refractivity contribution in [3.05, 3.63) is 176 Å². The van der Waals surface area contributed by atoms with Crippen LogP contribution >= 0.6 is 0 Å². The average Bonchev–Trinajstić information content (AvgIpc) is 1.43. The van der Waals surface area contributed by atoms with Gasteiger partial charge in [-0.05, 0) is 280 Å². The van der Waals surface area contributed by atoms with Gasteiger partial charge in [0, 0.05) is 47.8 Å². The first-order chi connectivity index (χ1) is 43.5. The van der Waals surface area contributed by atoms with Crippen LogP contribution in [0.1, 0.15) is 234 Å². The predicted octanol–water partition coefficient (Wildman–Crippen LogP) is 19.6. The Labute approximate surface area is 538 Å². The summed E-state index contributed by atoms with van der Waals surface area (Å²) in [4.78, 5) is 51.1. The van der Waals surface area contributed by atoms with Gasteiger partial charge in [-0.15, -0.1) is 0 Å². The van der Waals surface area contributed by atoms with Crippen molar-refractivity contribution in [3.63, 3.8) is 0 Å². The zero-order chi connectivity index (χ0) is 62.6. The lowest BCUT2D eigenvalue weighted by molar-refractivity contribution is -0.130. The smallest absolute Gasteiger partial charge is 0.156 e. The topological polar surface area (TPSA) is 96.0 Å². The second-order valence-electron chi connectivity index (χ2n) is 30.1. The third-order valence-electron chi connectivity index (χ3n) is 24.7. The van der Waals surface area contributed by atoms with Crippen LogP contribution in [0.15, 0.2) is 142 Å². The molecule has 7 unspecified atom stereocenters. The number of fused-ring (bicyclic) bond motifs is 13. The quantitative estimate of drug-likeness (QED) is 0.139. The summed E-state index contributed by atoms with van der Waals surface area (Å²) in [5, 5.41) is 0. The summed E-state index contributed by atoms with van der Waals surface area (Å²) < 4.78 is 17.4. The van der Waals surface area contributed by atoms with Crippen molar-refractivity contribution in [2.24, 2.45) is 51.8 Å². The third-order valence-corrected chi connectivity index (χ3v) is 24.7. The summed E-state index contributed by atoms with van der Waals surface area (Å²) in [6.07, 6.45) is 26.4. The fourth-order valence-corrected chi connectivity index (χ4v) is 20.3. The molecule has 0 heterocycles. The molecule has 0 N–H and O–H groups in total. The molecule has 4 aromatic rings. The van der Waals surface area contributed by atoms with Gasteiger partial charge in [0.05, 0.1) is 19.8 Å². The number of carbonyl (C=O) groups is 4. The zero-order valence-corrected chi connectivity index (χ0v) is 55.5. The molecule has 0 spiro atoms. The van der Waals surface area contributed by atoms with Crippen LogP contribution in [-0.4, -0.2) is 43.0 Å². The summed E-state index contributed by atoms with van der Waals surface area (Å²) in [6, 6.07) is 33.1. The first-order valence-electron chi connectivity index (χ1n) is 35.5. The van der Waals surface area contributed by atoms with Crippen LogP contribution in [0.2, 0.25) is 0 Å². The number of allylic oxidation sites excluding steroid dienone is 10. The first-order valence-corrected chi connectivity index (χ1v) is 35.5. The second-order valence-corrected chi connectivity index (χ2v) is 30.1. The number of hydrogen-bond donors (Lipinski definition) is 0. The summed E-state index contributed by atoms with van der Waals surface area (Å²) >= 11 is 0. The van der Waals surface area contributed by atoms with E-state index in [-0.39, 0.29) is 27.9 Å². The largest absolute Gasteiger partial charge is 0.494 e. The number of rotatable bonds is 12. The molecule has 0 aliphatic heterocycles. The molecule has 11 aliphatic rings. The Kier molecular flexibility index (Phi) is 17.8. The van der Waals surface area contributed by atoms with Gasteiger partial charge in [0.15, 0.2) is 5.78 Å². The summed E-state index contributed by atoms with van der Waals surface area (Å²) in [5.41, 5.74) is 19.9. The van der Waals surface area contributed by atoms with Crippen LogP contribution in [0.3, 0.4) is 0 Å². The molecule has 11 aliphatic carbocycles. The van der Waals surface area contributed by atoms with Crippen molar-refractivity contribution in [2.45, 2.75) is 214 Å². The van der Waals surface area contributed by atoms with E-state index in [9.17, 15) is 19.2 Å². The van der Waals surface area contributed by atoms with Crippen LogP contribution in [0.25, 0.3) is 5.57 Å². The van der Waals surface area contributed by atoms with Gasteiger partial charge in [-0.3, -0.25) is 19.2 Å². The maximum atomic E-state index is 13.0. The molecule has 7 nitrogen and oxygen atoms in total. The highest BCUT2D eigenvalue weighted by Crippen LogP contribution is 2.66. The normalized spacial score (nSPS) is 32.0. The minimum atomic E-state index is -0.206. The minimum absolute atomic E-state index is 0.147. The van der Waals surface area contributed by atoms with Gasteiger partial charge < -0.3 is 14.2 Å². The number of ketones is 4. The molecule has 12 atom stereocenters. The van der Waals surface area contributed by atoms with Crippen molar-refractivity contribution in [1.82, 2.24) is 0 Å². The lowest BCUT2D eigenvalue weighted by atomic mass is 9.51. The van der Waals surface area contributed by atoms with Gasteiger partial charge in [0.1, 0.15) is 34.6 Å². The number of hydrogen-bond acceptors (Lipinski definition) is 7. The molecule has 5 saturated carbocycles. The third kappa shape index (κ3) is 11.4. The van der Waals surface area contributed by atoms with E-state index in [2.05, 4.69) is 152 Å². The molecule has 0 bridgehead atoms. The van der Waals surface area contributed by atoms with Crippen LogP contribution < -0.4 is 14.2 Å². The molecule has 7 heteroatoms. The number of benzene rings is 4. The molecule has 5 fully saturated rings. The van der Waals surface area contributed by atoms with Crippen molar-refractivity contribution in [3.8, 4) is 17.2 Å². The van der Waals surface area contributed by atoms with Crippen LogP contribution in [0, 0.1) is 58.7 Å². The molecule has 0 radical (unpaired) electrons. The highest BCUT2D eigenvalue weighted by atomic mass is 16.5. The Morgan fingerprint density at radius 3 is 1.69 bits per heavy atom. The Morgan fingerprint density at radius 2 is 1.04 bits per heavy atom. The van der Waals surface area contributed by atoms with E-state index in [1.807, 2.05) is 6.08 Å². The molecule has 0 saturated heterocycles. The van der Waals surface area contributed by atoms with Gasteiger partial charge in [0.2, 0.25) is 0 Å². The maximum Gasteiger partial charge on any atom is 0.156 e. The fraction of sp³-hybridized carbons (Fsp3) is 0.542. The van der Waals surface area contributed by atoms with E-state index < -0.39 is 0 Å². The summed E-state index contributed by atoms with van der Waals surface area (Å²) in [7, 11) is 0. The van der Waals surface area contributed by atoms with Gasteiger partial charge >= 0.3 is 0 Å². The molecule has 474 valence electrons. The van der Waals surface area contributed by atoms with Gasteiger partial charge in [0.25, 0.3) is 0 Å². The second kappa shape index (κ2) is 25.6. The number of carbonyl (C=O) groups excluding carboxylic acids is 4. The van der Waals surface area contributed by atoms with Gasteiger partial charge in [-0.25, -0.2) is 0 Å². The Hall–Kier alpha value is -6.34. The number of ether oxygens (including phenoxy) is 3. The predicted molar refractivity (Wildman–Crippen MR) is 361 cm³/mol. The summed E-state index contributed by atoms with van der Waals surface area (Å²) in [5.74, 6) is 8.94. The van der Waals surface area contributed by atoms with Crippen molar-refractivity contribution in [1.29, 1.82) is 0 Å². The van der Waals surface area contributed by atoms with E-state index in [0.717, 1.165) is 140 Å². The first kappa shape index (κ1) is 62.5. The lowest BCUT2D eigenvalue weighted by Gasteiger charge is -2.52. The van der Waals surface area contributed by atoms with E-state index in [1.165, 1.54) is 82.2 Å². The van der Waals surface area contributed by atoms with Gasteiger partial charge in [-0.1, -0.05) is 119 Å². The Morgan fingerprint density at radius 1 is 0.478 bits per heavy atom. The standard InChI is InChI=1S/2C28H34O2.C27H32O3/c2*1-4-15-30-21-9-6-19(7-10-21)24-17-28(3)25(13-14-26(28)29)23-12-8-20-16-18(2)5-11-22(20)27(23)24;1-3-14-30-20-8-4-17(5-9-20)23-16-27(2)24(12-13-25(27)29)22-10-6-18-15-19(28)7-11-21(18)26(22)23/h6-7,9-10,16,23,25H,4-5,8,11-15,17H2,1-3H3;5-7,9-11,16,23-25,27H,4,8,12-15,17H2,1-3H3;4-5,8-9,15,22-24H,3,6-7,10-14,16H2,1-2H3/t23?,25?,28-;23?,24-,25?,27?,28+;22?,23-,24?,27+/m011/s1. The monoisotopic (exact) mass is 1210 g/mol. The molecule has 15 rings (SSSR count). The van der Waals surface area contributed by atoms with E-state index in [1.54, 1.807) is 27.9 Å². The lowest BCUT2D eigenvalue weighted by Crippen LogP contribution is -2.46. The number of Topliss-reactive ketones (excluding diaryl/α,β-unsaturated/α-hetero) is 3. The molecular formula is C83H100O7. The Bertz CT molecular complexity index is 3590. The van der Waals surface area contributed by atoms with Crippen LogP contribution in [-0.2, 0) is 25.6 Å². The SMILES string of the molecule is CCCOc1ccc(C2=C3C4=C(C=C(C)CC4)CCC3C3CCC(=O)[C@@]3(C)C2)cc1.CCCOc1ccc([C@H]2C[C@]3(C)C(=O)CCC3C3CCC4=CC(=O)CCC4=C32)cc1.CCCOc1ccc([C@H]2C[C@]3(C)C(=O)CCC3C3CCc4cc(C)ccc4C32)cc1.